The van der Waals surface area contributed by atoms with Crippen molar-refractivity contribution in [2.24, 2.45) is 5.10 Å². The van der Waals surface area contributed by atoms with Crippen LogP contribution in [0.3, 0.4) is 0 Å². The number of aromatic hydroxyl groups is 1. The zero-order chi connectivity index (χ0) is 15.2. The van der Waals surface area contributed by atoms with E-state index in [-0.39, 0.29) is 5.75 Å². The fourth-order valence-electron chi connectivity index (χ4n) is 2.13. The Bertz CT molecular complexity index is 672. The van der Waals surface area contributed by atoms with Crippen molar-refractivity contribution in [3.63, 3.8) is 0 Å². The summed E-state index contributed by atoms with van der Waals surface area (Å²) in [6, 6.07) is 4.96. The highest BCUT2D eigenvalue weighted by molar-refractivity contribution is 14.2. The van der Waals surface area contributed by atoms with E-state index < -0.39 is 0 Å². The molecule has 6 nitrogen and oxygen atoms in total. The van der Waals surface area contributed by atoms with Gasteiger partial charge in [0.1, 0.15) is 17.1 Å². The molecule has 1 heterocycles. The third kappa shape index (κ3) is 3.82. The molecule has 1 aromatic carbocycles. The molecule has 2 aromatic rings. The minimum atomic E-state index is 0.172. The molecule has 0 aliphatic heterocycles. The highest BCUT2D eigenvalue weighted by Gasteiger charge is 2.17. The molecule has 0 unspecified atom stereocenters. The van der Waals surface area contributed by atoms with E-state index in [1.807, 2.05) is 6.92 Å². The van der Waals surface area contributed by atoms with E-state index in [1.165, 1.54) is 9.12 Å². The average molecular weight is 419 g/mol. The van der Waals surface area contributed by atoms with Gasteiger partial charge in [-0.1, -0.05) is 0 Å². The van der Waals surface area contributed by atoms with Crippen LogP contribution in [0.15, 0.2) is 27.7 Å². The maximum absolute atomic E-state index is 10.4. The predicted octanol–water partition coefficient (Wildman–Crippen LogP) is 2.87. The van der Waals surface area contributed by atoms with Crippen LogP contribution < -0.4 is 10.1 Å². The third-order valence-electron chi connectivity index (χ3n) is 2.94. The van der Waals surface area contributed by atoms with Crippen LogP contribution in [0.4, 0.5) is 0 Å². The lowest BCUT2D eigenvalue weighted by atomic mass is 10.0. The Balaban J connectivity index is 2.45. The molecule has 0 saturated heterocycles. The second-order valence-electron chi connectivity index (χ2n) is 4.26. The largest absolute Gasteiger partial charge is 0.508 e. The smallest absolute Gasteiger partial charge is 0.207 e. The summed E-state index contributed by atoms with van der Waals surface area (Å²) in [6.45, 7) is 2.33. The maximum Gasteiger partial charge on any atom is 0.207 e. The molecule has 0 radical (unpaired) electrons. The first kappa shape index (κ1) is 16.0. The fraction of sp³-hybridized carbons (Fsp3) is 0.231. The van der Waals surface area contributed by atoms with Gasteiger partial charge in [-0.3, -0.25) is 4.79 Å². The van der Waals surface area contributed by atoms with Crippen molar-refractivity contribution in [2.75, 3.05) is 6.54 Å². The molecular formula is C13H14IN3O3S. The lowest BCUT2D eigenvalue weighted by molar-refractivity contribution is -0.109. The quantitative estimate of drug-likeness (QED) is 0.161. The standard InChI is InChI=1S/C13H14IN3O3S/c1-8-13(10-6-9(19)2-3-12(10)20-8)11(16-17-21-14)4-5-15-7-18/h2-3,6-7,17,19H,4-5H2,1H3,(H,15,18)/b16-11+. The Morgan fingerprint density at radius 2 is 2.38 bits per heavy atom. The third-order valence-corrected chi connectivity index (χ3v) is 3.69. The number of benzene rings is 1. The van der Waals surface area contributed by atoms with Crippen LogP contribution in [-0.2, 0) is 4.79 Å². The summed E-state index contributed by atoms with van der Waals surface area (Å²) in [6.07, 6.45) is 1.21. The number of furan rings is 1. The van der Waals surface area contributed by atoms with Gasteiger partial charge in [-0.15, -0.1) is 0 Å². The van der Waals surface area contributed by atoms with Gasteiger partial charge in [-0.25, -0.2) is 4.83 Å². The molecule has 0 spiro atoms. The van der Waals surface area contributed by atoms with Crippen LogP contribution in [0.25, 0.3) is 11.0 Å². The van der Waals surface area contributed by atoms with Crippen molar-refractivity contribution in [3.05, 3.63) is 29.5 Å². The summed E-state index contributed by atoms with van der Waals surface area (Å²) >= 11 is 2.08. The molecule has 0 atom stereocenters. The number of hydrogen-bond donors (Lipinski definition) is 3. The van der Waals surface area contributed by atoms with Gasteiger partial charge in [0.25, 0.3) is 0 Å². The Kier molecular flexibility index (Phi) is 5.74. The van der Waals surface area contributed by atoms with Crippen LogP contribution in [0.5, 0.6) is 5.75 Å². The first-order valence-electron chi connectivity index (χ1n) is 6.16. The summed E-state index contributed by atoms with van der Waals surface area (Å²) in [5.74, 6) is 0.895. The van der Waals surface area contributed by atoms with Gasteiger partial charge in [0.05, 0.1) is 5.71 Å². The number of aryl methyl sites for hydroxylation is 1. The number of nitrogens with one attached hydrogen (secondary N) is 2. The summed E-state index contributed by atoms with van der Waals surface area (Å²) < 4.78 is 5.70. The van der Waals surface area contributed by atoms with Gasteiger partial charge in [-0.05, 0) is 25.1 Å². The SMILES string of the molecule is Cc1oc2ccc(O)cc2c1/C(CCNC=O)=N/NSI. The van der Waals surface area contributed by atoms with Crippen LogP contribution >= 0.6 is 30.3 Å². The number of nitrogens with zero attached hydrogens (tertiary/aromatic N) is 1. The van der Waals surface area contributed by atoms with Crippen molar-refractivity contribution in [3.8, 4) is 5.75 Å². The summed E-state index contributed by atoms with van der Waals surface area (Å²) in [7, 11) is 1.34. The zero-order valence-corrected chi connectivity index (χ0v) is 14.2. The molecule has 1 amide bonds. The van der Waals surface area contributed by atoms with Crippen molar-refractivity contribution in [1.29, 1.82) is 0 Å². The maximum atomic E-state index is 10.4. The van der Waals surface area contributed by atoms with Gasteiger partial charge in [-0.2, -0.15) is 5.10 Å². The molecule has 3 N–H and O–H groups in total. The number of rotatable bonds is 7. The number of phenols is 1. The number of fused-ring (bicyclic) bond motifs is 1. The molecule has 112 valence electrons. The Morgan fingerprint density at radius 3 is 3.10 bits per heavy atom. The van der Waals surface area contributed by atoms with Crippen LogP contribution in [-0.4, -0.2) is 23.8 Å². The predicted molar refractivity (Wildman–Crippen MR) is 92.6 cm³/mol. The monoisotopic (exact) mass is 419 g/mol. The first-order chi connectivity index (χ1) is 10.2. The zero-order valence-electron chi connectivity index (χ0n) is 11.2. The number of hydrogen-bond acceptors (Lipinski definition) is 6. The topological polar surface area (TPSA) is 86.9 Å². The highest BCUT2D eigenvalue weighted by Crippen LogP contribution is 2.29. The normalized spacial score (nSPS) is 11.6. The molecule has 2 rings (SSSR count). The van der Waals surface area contributed by atoms with Gasteiger partial charge < -0.3 is 14.8 Å². The minimum Gasteiger partial charge on any atom is -0.508 e. The summed E-state index contributed by atoms with van der Waals surface area (Å²) in [5.41, 5.74) is 2.29. The first-order valence-corrected chi connectivity index (χ1v) is 9.52. The van der Waals surface area contributed by atoms with Crippen molar-refractivity contribution in [1.82, 2.24) is 10.1 Å². The molecule has 0 saturated carbocycles. The number of amides is 1. The van der Waals surface area contributed by atoms with Crippen molar-refractivity contribution >= 4 is 53.4 Å². The molecule has 1 aromatic heterocycles. The number of carbonyl (C=O) groups is 1. The van der Waals surface area contributed by atoms with Crippen LogP contribution in [0.2, 0.25) is 0 Å². The van der Waals surface area contributed by atoms with E-state index in [0.29, 0.717) is 25.0 Å². The number of phenolic OH excluding ortho intramolecular Hbond substituents is 1. The van der Waals surface area contributed by atoms with E-state index in [4.69, 9.17) is 4.42 Å². The van der Waals surface area contributed by atoms with Crippen molar-refractivity contribution in [2.45, 2.75) is 13.3 Å². The molecule has 0 aliphatic carbocycles. The van der Waals surface area contributed by atoms with Gasteiger partial charge in [0.2, 0.25) is 6.41 Å². The Labute approximate surface area is 138 Å². The molecular weight excluding hydrogens is 405 g/mol. The second kappa shape index (κ2) is 7.55. The van der Waals surface area contributed by atoms with Crippen molar-refractivity contribution < 1.29 is 14.3 Å². The Hall–Kier alpha value is -1.42. The fourth-order valence-corrected chi connectivity index (χ4v) is 2.57. The van der Waals surface area contributed by atoms with E-state index in [0.717, 1.165) is 22.4 Å². The van der Waals surface area contributed by atoms with Crippen LogP contribution in [0.1, 0.15) is 17.7 Å². The second-order valence-corrected chi connectivity index (χ2v) is 5.92. The lowest BCUT2D eigenvalue weighted by Crippen LogP contribution is -2.18. The lowest BCUT2D eigenvalue weighted by Gasteiger charge is -2.06. The van der Waals surface area contributed by atoms with E-state index >= 15 is 0 Å². The highest BCUT2D eigenvalue weighted by atomic mass is 127. The van der Waals surface area contributed by atoms with Gasteiger partial charge in [0.15, 0.2) is 0 Å². The molecule has 0 bridgehead atoms. The molecule has 8 heteroatoms. The average Bonchev–Trinajstić information content (AvgIpc) is 2.78. The van der Waals surface area contributed by atoms with E-state index in [2.05, 4.69) is 36.5 Å². The summed E-state index contributed by atoms with van der Waals surface area (Å²) in [4.78, 5) is 13.2. The molecule has 0 fully saturated rings. The number of carbonyl (C=O) groups excluding carboxylic acids is 1. The molecule has 0 aliphatic rings. The van der Waals surface area contributed by atoms with Gasteiger partial charge in [0, 0.05) is 54.2 Å². The number of hydrazone groups is 1. The molecule has 21 heavy (non-hydrogen) atoms. The van der Waals surface area contributed by atoms with Crippen LogP contribution in [0, 0.1) is 6.92 Å². The van der Waals surface area contributed by atoms with Gasteiger partial charge >= 0.3 is 0 Å². The van der Waals surface area contributed by atoms with E-state index in [1.54, 1.807) is 18.2 Å². The van der Waals surface area contributed by atoms with E-state index in [9.17, 15) is 9.90 Å². The number of halogens is 1. The minimum absolute atomic E-state index is 0.172. The summed E-state index contributed by atoms with van der Waals surface area (Å²) in [5, 5.41) is 17.4. The Morgan fingerprint density at radius 1 is 1.57 bits per heavy atom.